The van der Waals surface area contributed by atoms with E-state index in [1.54, 1.807) is 6.92 Å². The normalized spacial score (nSPS) is 10.9. The number of hydrogen-bond donors (Lipinski definition) is 1. The van der Waals surface area contributed by atoms with Crippen LogP contribution in [-0.4, -0.2) is 17.4 Å². The van der Waals surface area contributed by atoms with Crippen molar-refractivity contribution >= 4 is 5.91 Å². The monoisotopic (exact) mass is 378 g/mol. The maximum atomic E-state index is 13.6. The molecule has 1 N–H and O–H groups in total. The van der Waals surface area contributed by atoms with Crippen molar-refractivity contribution in [2.45, 2.75) is 13.3 Å². The quantitative estimate of drug-likeness (QED) is 0.535. The zero-order valence-electron chi connectivity index (χ0n) is 14.2. The van der Waals surface area contributed by atoms with Crippen molar-refractivity contribution in [3.8, 4) is 11.5 Å². The number of aromatic nitrogens is 1. The van der Waals surface area contributed by atoms with Gasteiger partial charge >= 0.3 is 0 Å². The molecule has 3 rings (SSSR count). The number of oxazole rings is 1. The summed E-state index contributed by atoms with van der Waals surface area (Å²) in [6.45, 7) is 1.76. The van der Waals surface area contributed by atoms with E-state index in [2.05, 4.69) is 10.3 Å². The average molecular weight is 378 g/mol. The molecule has 1 heterocycles. The van der Waals surface area contributed by atoms with E-state index in [1.807, 2.05) is 0 Å². The Morgan fingerprint density at radius 1 is 1.04 bits per heavy atom. The first kappa shape index (κ1) is 18.6. The summed E-state index contributed by atoms with van der Waals surface area (Å²) in [5.41, 5.74) is 0.566. The number of carbonyl (C=O) groups is 1. The van der Waals surface area contributed by atoms with Gasteiger partial charge in [0.1, 0.15) is 11.6 Å². The molecule has 0 fully saturated rings. The lowest BCUT2D eigenvalue weighted by atomic mass is 10.1. The van der Waals surface area contributed by atoms with Gasteiger partial charge < -0.3 is 9.73 Å². The molecule has 2 aromatic carbocycles. The van der Waals surface area contributed by atoms with E-state index in [0.717, 1.165) is 6.07 Å². The molecule has 3 aromatic rings. The van der Waals surface area contributed by atoms with Crippen LogP contribution in [0.25, 0.3) is 11.5 Å². The first-order valence-corrected chi connectivity index (χ1v) is 8.00. The van der Waals surface area contributed by atoms with Crippen LogP contribution >= 0.6 is 0 Å². The lowest BCUT2D eigenvalue weighted by molar-refractivity contribution is 0.0948. The second kappa shape index (κ2) is 7.61. The molecule has 8 heteroatoms. The SMILES string of the molecule is Cc1oc(-c2ccc(F)cc2)nc1CCNC(=O)c1ccc(F)c(F)c1F. The smallest absolute Gasteiger partial charge is 0.254 e. The third-order valence-corrected chi connectivity index (χ3v) is 3.91. The van der Waals surface area contributed by atoms with E-state index in [-0.39, 0.29) is 18.8 Å². The Morgan fingerprint density at radius 2 is 1.74 bits per heavy atom. The van der Waals surface area contributed by atoms with Crippen LogP contribution in [0, 0.1) is 30.2 Å². The summed E-state index contributed by atoms with van der Waals surface area (Å²) in [5.74, 6) is -5.03. The molecule has 0 saturated carbocycles. The van der Waals surface area contributed by atoms with E-state index in [9.17, 15) is 22.4 Å². The van der Waals surface area contributed by atoms with Crippen molar-refractivity contribution in [1.29, 1.82) is 0 Å². The number of hydrogen-bond acceptors (Lipinski definition) is 3. The summed E-state index contributed by atoms with van der Waals surface area (Å²) in [6.07, 6.45) is 0.271. The molecule has 0 unspecified atom stereocenters. The van der Waals surface area contributed by atoms with Crippen molar-refractivity contribution in [2.24, 2.45) is 0 Å². The van der Waals surface area contributed by atoms with Crippen LogP contribution in [0.5, 0.6) is 0 Å². The van der Waals surface area contributed by atoms with E-state index in [1.165, 1.54) is 24.3 Å². The fourth-order valence-corrected chi connectivity index (χ4v) is 2.47. The molecule has 0 saturated heterocycles. The van der Waals surface area contributed by atoms with Crippen LogP contribution in [0.1, 0.15) is 21.8 Å². The highest BCUT2D eigenvalue weighted by atomic mass is 19.2. The molecule has 0 aliphatic heterocycles. The minimum absolute atomic E-state index is 0.0769. The van der Waals surface area contributed by atoms with Crippen molar-refractivity contribution in [3.63, 3.8) is 0 Å². The maximum Gasteiger partial charge on any atom is 0.254 e. The summed E-state index contributed by atoms with van der Waals surface area (Å²) in [7, 11) is 0. The van der Waals surface area contributed by atoms with Crippen molar-refractivity contribution in [2.75, 3.05) is 6.54 Å². The van der Waals surface area contributed by atoms with Crippen LogP contribution in [0.4, 0.5) is 17.6 Å². The molecule has 0 spiro atoms. The van der Waals surface area contributed by atoms with Crippen LogP contribution in [0.2, 0.25) is 0 Å². The summed E-state index contributed by atoms with van der Waals surface area (Å²) >= 11 is 0. The third kappa shape index (κ3) is 3.99. The van der Waals surface area contributed by atoms with Gasteiger partial charge in [0, 0.05) is 18.5 Å². The van der Waals surface area contributed by atoms with Crippen LogP contribution in [0.15, 0.2) is 40.8 Å². The minimum Gasteiger partial charge on any atom is -0.441 e. The molecule has 1 amide bonds. The van der Waals surface area contributed by atoms with Gasteiger partial charge in [0.25, 0.3) is 5.91 Å². The predicted molar refractivity (Wildman–Crippen MR) is 89.0 cm³/mol. The topological polar surface area (TPSA) is 55.1 Å². The van der Waals surface area contributed by atoms with E-state index < -0.39 is 28.9 Å². The van der Waals surface area contributed by atoms with Crippen LogP contribution in [-0.2, 0) is 6.42 Å². The lowest BCUT2D eigenvalue weighted by Gasteiger charge is -2.06. The van der Waals surface area contributed by atoms with Gasteiger partial charge in [-0.15, -0.1) is 0 Å². The fraction of sp³-hybridized carbons (Fsp3) is 0.158. The molecule has 0 radical (unpaired) electrons. The Bertz CT molecular complexity index is 984. The first-order valence-electron chi connectivity index (χ1n) is 8.00. The highest BCUT2D eigenvalue weighted by Gasteiger charge is 2.19. The Balaban J connectivity index is 1.65. The van der Waals surface area contributed by atoms with Crippen LogP contribution < -0.4 is 5.32 Å². The maximum absolute atomic E-state index is 13.6. The molecular weight excluding hydrogens is 364 g/mol. The van der Waals surface area contributed by atoms with Crippen molar-refractivity contribution < 1.29 is 26.8 Å². The van der Waals surface area contributed by atoms with Gasteiger partial charge in [-0.25, -0.2) is 22.5 Å². The highest BCUT2D eigenvalue weighted by molar-refractivity contribution is 5.94. The van der Waals surface area contributed by atoms with Gasteiger partial charge in [-0.3, -0.25) is 4.79 Å². The predicted octanol–water partition coefficient (Wildman–Crippen LogP) is 4.18. The van der Waals surface area contributed by atoms with Gasteiger partial charge in [0.05, 0.1) is 11.3 Å². The number of amides is 1. The van der Waals surface area contributed by atoms with E-state index >= 15 is 0 Å². The molecule has 0 bridgehead atoms. The summed E-state index contributed by atoms with van der Waals surface area (Å²) < 4.78 is 58.3. The number of halogens is 4. The van der Waals surface area contributed by atoms with Gasteiger partial charge in [0.15, 0.2) is 17.5 Å². The Kier molecular flexibility index (Phi) is 5.25. The number of rotatable bonds is 5. The van der Waals surface area contributed by atoms with Gasteiger partial charge in [-0.05, 0) is 43.3 Å². The number of carbonyl (C=O) groups excluding carboxylic acids is 1. The zero-order valence-corrected chi connectivity index (χ0v) is 14.2. The molecule has 140 valence electrons. The molecule has 1 aromatic heterocycles. The number of benzene rings is 2. The Labute approximate surface area is 151 Å². The minimum atomic E-state index is -1.70. The molecule has 0 aliphatic rings. The standard InChI is InChI=1S/C19H14F4N2O2/c1-10-15(25-19(27-10)11-2-4-12(20)5-3-11)8-9-24-18(26)13-6-7-14(21)17(23)16(13)22/h2-7H,8-9H2,1H3,(H,24,26). The second-order valence-corrected chi connectivity index (χ2v) is 5.76. The van der Waals surface area contributed by atoms with Gasteiger partial charge in [-0.1, -0.05) is 0 Å². The molecule has 27 heavy (non-hydrogen) atoms. The van der Waals surface area contributed by atoms with Crippen LogP contribution in [0.3, 0.4) is 0 Å². The van der Waals surface area contributed by atoms with Crippen molar-refractivity contribution in [3.05, 3.63) is 76.7 Å². The second-order valence-electron chi connectivity index (χ2n) is 5.76. The Morgan fingerprint density at radius 3 is 2.44 bits per heavy atom. The number of aryl methyl sites for hydroxylation is 1. The first-order chi connectivity index (χ1) is 12.9. The molecule has 0 atom stereocenters. The summed E-state index contributed by atoms with van der Waals surface area (Å²) in [6, 6.07) is 7.17. The molecular formula is C19H14F4N2O2. The highest BCUT2D eigenvalue weighted by Crippen LogP contribution is 2.22. The largest absolute Gasteiger partial charge is 0.441 e. The Hall–Kier alpha value is -3.16. The van der Waals surface area contributed by atoms with Gasteiger partial charge in [-0.2, -0.15) is 0 Å². The van der Waals surface area contributed by atoms with Crippen molar-refractivity contribution in [1.82, 2.24) is 10.3 Å². The zero-order chi connectivity index (χ0) is 19.6. The molecule has 0 aliphatic carbocycles. The number of nitrogens with one attached hydrogen (secondary N) is 1. The van der Waals surface area contributed by atoms with E-state index in [4.69, 9.17) is 4.42 Å². The summed E-state index contributed by atoms with van der Waals surface area (Å²) in [5, 5.41) is 2.42. The number of nitrogens with zero attached hydrogens (tertiary/aromatic N) is 1. The van der Waals surface area contributed by atoms with E-state index in [0.29, 0.717) is 29.0 Å². The average Bonchev–Trinajstić information content (AvgIpc) is 3.01. The molecule has 4 nitrogen and oxygen atoms in total. The summed E-state index contributed by atoms with van der Waals surface area (Å²) in [4.78, 5) is 16.2. The third-order valence-electron chi connectivity index (χ3n) is 3.91. The fourth-order valence-electron chi connectivity index (χ4n) is 2.47. The lowest BCUT2D eigenvalue weighted by Crippen LogP contribution is -2.27. The van der Waals surface area contributed by atoms with Gasteiger partial charge in [0.2, 0.25) is 5.89 Å².